The maximum atomic E-state index is 12.0. The molecular weight excluding hydrogens is 284 g/mol. The number of carbonyl (C=O) groups excluding carboxylic acids is 2. The zero-order valence-corrected chi connectivity index (χ0v) is 12.2. The Hall–Kier alpha value is -2.50. The number of rotatable bonds is 4. The van der Waals surface area contributed by atoms with Gasteiger partial charge in [0.05, 0.1) is 0 Å². The van der Waals surface area contributed by atoms with Crippen LogP contribution in [-0.2, 0) is 25.6 Å². The topological polar surface area (TPSA) is 67.9 Å². The van der Waals surface area contributed by atoms with Crippen LogP contribution in [0.2, 0.25) is 0 Å². The van der Waals surface area contributed by atoms with Crippen LogP contribution < -0.4 is 5.32 Å². The number of nitrogens with zero attached hydrogens (tertiary/aromatic N) is 1. The number of amides is 2. The Morgan fingerprint density at radius 1 is 1.32 bits per heavy atom. The molecule has 2 heterocycles. The second-order valence-corrected chi connectivity index (χ2v) is 5.27. The lowest BCUT2D eigenvalue weighted by molar-refractivity contribution is -0.128. The molecule has 0 atom stereocenters. The summed E-state index contributed by atoms with van der Waals surface area (Å²) in [4.78, 5) is 25.5. The lowest BCUT2D eigenvalue weighted by Gasteiger charge is -2.17. The van der Waals surface area contributed by atoms with Gasteiger partial charge in [0.25, 0.3) is 5.91 Å². The number of benzene rings is 1. The van der Waals surface area contributed by atoms with E-state index in [0.29, 0.717) is 31.9 Å². The molecule has 1 fully saturated rings. The first-order chi connectivity index (χ1) is 10.7. The van der Waals surface area contributed by atoms with Crippen molar-refractivity contribution >= 4 is 17.5 Å². The van der Waals surface area contributed by atoms with Gasteiger partial charge in [0.1, 0.15) is 19.5 Å². The van der Waals surface area contributed by atoms with Crippen LogP contribution in [0.4, 0.5) is 5.69 Å². The van der Waals surface area contributed by atoms with Gasteiger partial charge in [-0.25, -0.2) is 0 Å². The second-order valence-electron chi connectivity index (χ2n) is 5.27. The first-order valence-electron chi connectivity index (χ1n) is 7.35. The molecule has 0 saturated carbocycles. The maximum absolute atomic E-state index is 12.0. The molecule has 116 valence electrons. The summed E-state index contributed by atoms with van der Waals surface area (Å²) >= 11 is 0. The number of hydrogen-bond donors (Lipinski definition) is 1. The van der Waals surface area contributed by atoms with Gasteiger partial charge in [-0.05, 0) is 24.1 Å². The zero-order valence-electron chi connectivity index (χ0n) is 12.2. The normalized spacial score (nSPS) is 17.5. The molecule has 2 amide bonds. The van der Waals surface area contributed by atoms with E-state index in [1.165, 1.54) is 6.26 Å². The van der Waals surface area contributed by atoms with Crippen molar-refractivity contribution in [1.29, 1.82) is 0 Å². The fourth-order valence-corrected chi connectivity index (χ4v) is 2.52. The van der Waals surface area contributed by atoms with Crippen LogP contribution in [0.25, 0.3) is 0 Å². The average Bonchev–Trinajstić information content (AvgIpc) is 2.94. The van der Waals surface area contributed by atoms with Crippen molar-refractivity contribution in [3.8, 4) is 0 Å². The molecule has 1 N–H and O–H groups in total. The number of hydrogen-bond acceptors (Lipinski definition) is 4. The summed E-state index contributed by atoms with van der Waals surface area (Å²) in [6.45, 7) is 2.20. The van der Waals surface area contributed by atoms with Crippen molar-refractivity contribution in [2.45, 2.75) is 19.4 Å². The highest BCUT2D eigenvalue weighted by atomic mass is 16.6. The van der Waals surface area contributed by atoms with Crippen LogP contribution >= 0.6 is 0 Å². The van der Waals surface area contributed by atoms with Crippen LogP contribution in [0.15, 0.2) is 36.3 Å². The van der Waals surface area contributed by atoms with Gasteiger partial charge in [0.15, 0.2) is 0 Å². The number of nitrogens with one attached hydrogen (secondary N) is 1. The van der Waals surface area contributed by atoms with Crippen LogP contribution in [0.3, 0.4) is 0 Å². The van der Waals surface area contributed by atoms with Crippen molar-refractivity contribution < 1.29 is 19.1 Å². The molecule has 1 aromatic carbocycles. The molecule has 6 heteroatoms. The number of ether oxygens (including phenoxy) is 2. The van der Waals surface area contributed by atoms with Gasteiger partial charge in [-0.15, -0.1) is 0 Å². The molecule has 1 aromatic rings. The van der Waals surface area contributed by atoms with E-state index in [1.807, 2.05) is 23.1 Å². The third kappa shape index (κ3) is 3.39. The molecule has 0 aromatic heterocycles. The first kappa shape index (κ1) is 14.4. The number of carbonyl (C=O) groups is 2. The zero-order chi connectivity index (χ0) is 15.4. The molecule has 22 heavy (non-hydrogen) atoms. The van der Waals surface area contributed by atoms with Crippen LogP contribution in [0.1, 0.15) is 18.4 Å². The van der Waals surface area contributed by atoms with Crippen molar-refractivity contribution in [3.05, 3.63) is 41.9 Å². The number of likely N-dealkylation sites (tertiary alicyclic amines) is 1. The van der Waals surface area contributed by atoms with Crippen molar-refractivity contribution in [2.75, 3.05) is 25.1 Å². The van der Waals surface area contributed by atoms with E-state index in [9.17, 15) is 9.59 Å². The van der Waals surface area contributed by atoms with Crippen LogP contribution in [0.5, 0.6) is 0 Å². The van der Waals surface area contributed by atoms with E-state index < -0.39 is 0 Å². The Morgan fingerprint density at radius 2 is 2.23 bits per heavy atom. The van der Waals surface area contributed by atoms with Gasteiger partial charge in [0.2, 0.25) is 11.7 Å². The maximum Gasteiger partial charge on any atom is 0.294 e. The summed E-state index contributed by atoms with van der Waals surface area (Å²) < 4.78 is 10.3. The van der Waals surface area contributed by atoms with E-state index in [2.05, 4.69) is 5.32 Å². The minimum absolute atomic E-state index is 0.173. The summed E-state index contributed by atoms with van der Waals surface area (Å²) in [6.07, 6.45) is 2.87. The Balaban J connectivity index is 1.64. The molecule has 6 nitrogen and oxygen atoms in total. The van der Waals surface area contributed by atoms with Crippen molar-refractivity contribution in [3.63, 3.8) is 0 Å². The SMILES string of the molecule is O=C(Nc1cccc(CN2CCCC2=O)c1)C1=COCCO1. The summed E-state index contributed by atoms with van der Waals surface area (Å²) in [5, 5.41) is 2.77. The standard InChI is InChI=1S/C16H18N2O4/c19-15-5-2-6-18(15)10-12-3-1-4-13(9-12)17-16(20)14-11-21-7-8-22-14/h1,3-4,9,11H,2,5-8,10H2,(H,17,20). The summed E-state index contributed by atoms with van der Waals surface area (Å²) in [6, 6.07) is 7.48. The highest BCUT2D eigenvalue weighted by Crippen LogP contribution is 2.18. The molecule has 0 unspecified atom stereocenters. The minimum Gasteiger partial charge on any atom is -0.494 e. The molecule has 2 aliphatic heterocycles. The molecule has 0 spiro atoms. The summed E-state index contributed by atoms with van der Waals surface area (Å²) in [7, 11) is 0. The van der Waals surface area contributed by atoms with Gasteiger partial charge in [-0.3, -0.25) is 9.59 Å². The van der Waals surface area contributed by atoms with E-state index in [0.717, 1.165) is 18.5 Å². The van der Waals surface area contributed by atoms with Crippen molar-refractivity contribution in [1.82, 2.24) is 4.90 Å². The minimum atomic E-state index is -0.339. The van der Waals surface area contributed by atoms with E-state index in [4.69, 9.17) is 9.47 Å². The lowest BCUT2D eigenvalue weighted by atomic mass is 10.2. The molecule has 3 rings (SSSR count). The highest BCUT2D eigenvalue weighted by molar-refractivity contribution is 6.02. The van der Waals surface area contributed by atoms with E-state index >= 15 is 0 Å². The van der Waals surface area contributed by atoms with Gasteiger partial charge >= 0.3 is 0 Å². The molecule has 1 saturated heterocycles. The lowest BCUT2D eigenvalue weighted by Crippen LogP contribution is -2.24. The third-order valence-electron chi connectivity index (χ3n) is 3.60. The summed E-state index contributed by atoms with van der Waals surface area (Å²) in [5.74, 6) is 0.0211. The Bertz CT molecular complexity index is 612. The predicted molar refractivity (Wildman–Crippen MR) is 79.7 cm³/mol. The Kier molecular flexibility index (Phi) is 4.27. The quantitative estimate of drug-likeness (QED) is 0.918. The van der Waals surface area contributed by atoms with Gasteiger partial charge < -0.3 is 19.7 Å². The molecular formula is C16H18N2O4. The molecule has 2 aliphatic rings. The fourth-order valence-electron chi connectivity index (χ4n) is 2.52. The third-order valence-corrected chi connectivity index (χ3v) is 3.60. The monoisotopic (exact) mass is 302 g/mol. The average molecular weight is 302 g/mol. The fraction of sp³-hybridized carbons (Fsp3) is 0.375. The van der Waals surface area contributed by atoms with Crippen LogP contribution in [0, 0.1) is 0 Å². The van der Waals surface area contributed by atoms with Gasteiger partial charge in [-0.1, -0.05) is 12.1 Å². The largest absolute Gasteiger partial charge is 0.494 e. The Labute approximate surface area is 128 Å². The van der Waals surface area contributed by atoms with Gasteiger partial charge in [-0.2, -0.15) is 0 Å². The predicted octanol–water partition coefficient (Wildman–Crippen LogP) is 1.64. The summed E-state index contributed by atoms with van der Waals surface area (Å²) in [5.41, 5.74) is 1.66. The second kappa shape index (κ2) is 6.51. The van der Waals surface area contributed by atoms with E-state index in [1.54, 1.807) is 6.07 Å². The Morgan fingerprint density at radius 3 is 2.95 bits per heavy atom. The highest BCUT2D eigenvalue weighted by Gasteiger charge is 2.20. The van der Waals surface area contributed by atoms with Gasteiger partial charge in [0, 0.05) is 25.2 Å². The van der Waals surface area contributed by atoms with Crippen molar-refractivity contribution in [2.24, 2.45) is 0 Å². The molecule has 0 aliphatic carbocycles. The van der Waals surface area contributed by atoms with E-state index in [-0.39, 0.29) is 17.6 Å². The molecule has 0 bridgehead atoms. The smallest absolute Gasteiger partial charge is 0.294 e. The molecule has 0 radical (unpaired) electrons. The first-order valence-corrected chi connectivity index (χ1v) is 7.35. The number of anilines is 1. The van der Waals surface area contributed by atoms with Crippen LogP contribution in [-0.4, -0.2) is 36.5 Å².